The molecular weight excluding hydrogens is 280 g/mol. The van der Waals surface area contributed by atoms with E-state index in [-0.39, 0.29) is 17.2 Å². The van der Waals surface area contributed by atoms with E-state index in [2.05, 4.69) is 10.9 Å². The molecule has 5 heteroatoms. The van der Waals surface area contributed by atoms with Crippen LogP contribution in [0.2, 0.25) is 0 Å². The predicted molar refractivity (Wildman–Crippen MR) is 83.1 cm³/mol. The summed E-state index contributed by atoms with van der Waals surface area (Å²) in [6.45, 7) is 0. The van der Waals surface area contributed by atoms with Crippen LogP contribution in [0.15, 0.2) is 54.6 Å². The van der Waals surface area contributed by atoms with Crippen molar-refractivity contribution in [3.63, 3.8) is 0 Å². The highest BCUT2D eigenvalue weighted by Crippen LogP contribution is 2.14. The third-order valence-electron chi connectivity index (χ3n) is 3.18. The highest BCUT2D eigenvalue weighted by Gasteiger charge is 2.10. The Hall–Kier alpha value is -2.82. The summed E-state index contributed by atoms with van der Waals surface area (Å²) in [6, 6.07) is 16.0. The Labute approximate surface area is 129 Å². The van der Waals surface area contributed by atoms with Gasteiger partial charge >= 0.3 is 0 Å². The summed E-state index contributed by atoms with van der Waals surface area (Å²) in [6.07, 6.45) is 1.82. The first-order chi connectivity index (χ1) is 10.7. The Morgan fingerprint density at radius 2 is 1.59 bits per heavy atom. The minimum Gasteiger partial charge on any atom is -0.507 e. The predicted octanol–water partition coefficient (Wildman–Crippen LogP) is 2.18. The van der Waals surface area contributed by atoms with Crippen molar-refractivity contribution in [2.75, 3.05) is 0 Å². The maximum atomic E-state index is 11.8. The smallest absolute Gasteiger partial charge is 0.273 e. The number of benzene rings is 2. The van der Waals surface area contributed by atoms with E-state index in [0.717, 1.165) is 6.42 Å². The molecule has 0 saturated heterocycles. The van der Waals surface area contributed by atoms with Gasteiger partial charge in [0.2, 0.25) is 5.91 Å². The average Bonchev–Trinajstić information content (AvgIpc) is 2.54. The molecule has 5 nitrogen and oxygen atoms in total. The fourth-order valence-corrected chi connectivity index (χ4v) is 2.02. The number of phenolic OH excluding ortho intramolecular Hbond substituents is 1. The van der Waals surface area contributed by atoms with E-state index in [4.69, 9.17) is 0 Å². The van der Waals surface area contributed by atoms with Gasteiger partial charge in [-0.05, 0) is 30.5 Å². The molecule has 22 heavy (non-hydrogen) atoms. The Kier molecular flexibility index (Phi) is 5.54. The minimum absolute atomic E-state index is 0.118. The molecule has 2 rings (SSSR count). The highest BCUT2D eigenvalue weighted by atomic mass is 16.3. The molecule has 0 saturated carbocycles. The monoisotopic (exact) mass is 298 g/mol. The zero-order valence-corrected chi connectivity index (χ0v) is 12.1. The second-order valence-electron chi connectivity index (χ2n) is 4.86. The molecule has 0 aliphatic heterocycles. The number of hydrazine groups is 1. The first kappa shape index (κ1) is 15.6. The number of rotatable bonds is 5. The van der Waals surface area contributed by atoms with Crippen molar-refractivity contribution in [3.8, 4) is 5.75 Å². The van der Waals surface area contributed by atoms with Crippen LogP contribution < -0.4 is 10.9 Å². The van der Waals surface area contributed by atoms with Crippen molar-refractivity contribution in [2.24, 2.45) is 0 Å². The normalized spacial score (nSPS) is 10.0. The van der Waals surface area contributed by atoms with Gasteiger partial charge in [-0.1, -0.05) is 42.5 Å². The number of phenols is 1. The second kappa shape index (κ2) is 7.83. The molecular formula is C17H18N2O3. The Bertz CT molecular complexity index is 641. The van der Waals surface area contributed by atoms with Crippen LogP contribution in [0.1, 0.15) is 28.8 Å². The molecule has 0 atom stereocenters. The summed E-state index contributed by atoms with van der Waals surface area (Å²) in [5.41, 5.74) is 5.93. The summed E-state index contributed by atoms with van der Waals surface area (Å²) in [5.74, 6) is -0.937. The van der Waals surface area contributed by atoms with Gasteiger partial charge in [0.25, 0.3) is 5.91 Å². The van der Waals surface area contributed by atoms with Crippen LogP contribution in [0.3, 0.4) is 0 Å². The van der Waals surface area contributed by atoms with Gasteiger partial charge in [0.15, 0.2) is 0 Å². The fourth-order valence-electron chi connectivity index (χ4n) is 2.02. The number of carbonyl (C=O) groups excluding carboxylic acids is 2. The quantitative estimate of drug-likeness (QED) is 0.740. The molecule has 114 valence electrons. The van der Waals surface area contributed by atoms with Crippen LogP contribution >= 0.6 is 0 Å². The van der Waals surface area contributed by atoms with Gasteiger partial charge in [-0.3, -0.25) is 20.4 Å². The average molecular weight is 298 g/mol. The molecule has 2 amide bonds. The third-order valence-corrected chi connectivity index (χ3v) is 3.18. The van der Waals surface area contributed by atoms with Crippen LogP contribution in [-0.2, 0) is 11.2 Å². The fraction of sp³-hybridized carbons (Fsp3) is 0.176. The van der Waals surface area contributed by atoms with Crippen LogP contribution in [0.25, 0.3) is 0 Å². The van der Waals surface area contributed by atoms with Crippen molar-refractivity contribution >= 4 is 11.8 Å². The van der Waals surface area contributed by atoms with E-state index < -0.39 is 5.91 Å². The maximum absolute atomic E-state index is 11.8. The summed E-state index contributed by atoms with van der Waals surface area (Å²) < 4.78 is 0. The minimum atomic E-state index is -0.547. The molecule has 2 aromatic carbocycles. The Balaban J connectivity index is 1.72. The lowest BCUT2D eigenvalue weighted by atomic mass is 10.1. The van der Waals surface area contributed by atoms with E-state index in [0.29, 0.717) is 12.8 Å². The first-order valence-electron chi connectivity index (χ1n) is 7.08. The maximum Gasteiger partial charge on any atom is 0.273 e. The molecule has 0 aliphatic rings. The van der Waals surface area contributed by atoms with E-state index >= 15 is 0 Å². The van der Waals surface area contributed by atoms with Crippen LogP contribution in [0, 0.1) is 0 Å². The standard InChI is InChI=1S/C17H18N2O3/c20-15-11-5-4-10-14(15)17(22)19-18-16(21)12-6-9-13-7-2-1-3-8-13/h1-5,7-8,10-11,20H,6,9,12H2,(H,18,21)(H,19,22). The molecule has 0 aliphatic carbocycles. The third kappa shape index (κ3) is 4.63. The number of amides is 2. The van der Waals surface area contributed by atoms with Crippen LogP contribution in [-0.4, -0.2) is 16.9 Å². The van der Waals surface area contributed by atoms with E-state index in [1.54, 1.807) is 12.1 Å². The summed E-state index contributed by atoms with van der Waals surface area (Å²) >= 11 is 0. The van der Waals surface area contributed by atoms with Crippen LogP contribution in [0.5, 0.6) is 5.75 Å². The molecule has 0 aromatic heterocycles. The van der Waals surface area contributed by atoms with Crippen molar-refractivity contribution in [1.29, 1.82) is 0 Å². The van der Waals surface area contributed by atoms with E-state index in [1.807, 2.05) is 30.3 Å². The molecule has 0 unspecified atom stereocenters. The number of nitrogens with one attached hydrogen (secondary N) is 2. The largest absolute Gasteiger partial charge is 0.507 e. The molecule has 0 spiro atoms. The zero-order chi connectivity index (χ0) is 15.8. The number of para-hydroxylation sites is 1. The number of aryl methyl sites for hydroxylation is 1. The van der Waals surface area contributed by atoms with Gasteiger partial charge < -0.3 is 5.11 Å². The van der Waals surface area contributed by atoms with Gasteiger partial charge in [-0.25, -0.2) is 0 Å². The number of hydrogen-bond donors (Lipinski definition) is 3. The summed E-state index contributed by atoms with van der Waals surface area (Å²) in [7, 11) is 0. The van der Waals surface area contributed by atoms with Crippen molar-refractivity contribution in [1.82, 2.24) is 10.9 Å². The van der Waals surface area contributed by atoms with Gasteiger partial charge in [0, 0.05) is 6.42 Å². The second-order valence-corrected chi connectivity index (χ2v) is 4.86. The molecule has 0 bridgehead atoms. The lowest BCUT2D eigenvalue weighted by molar-refractivity contribution is -0.121. The van der Waals surface area contributed by atoms with Gasteiger partial charge in [-0.2, -0.15) is 0 Å². The van der Waals surface area contributed by atoms with Gasteiger partial charge in [0.05, 0.1) is 5.56 Å². The SMILES string of the molecule is O=C(CCCc1ccccc1)NNC(=O)c1ccccc1O. The number of hydrogen-bond acceptors (Lipinski definition) is 3. The molecule has 0 fully saturated rings. The molecule has 0 heterocycles. The number of carbonyl (C=O) groups is 2. The molecule has 3 N–H and O–H groups in total. The summed E-state index contributed by atoms with van der Waals surface area (Å²) in [4.78, 5) is 23.4. The lowest BCUT2D eigenvalue weighted by Crippen LogP contribution is -2.41. The Morgan fingerprint density at radius 1 is 0.909 bits per heavy atom. The number of aromatic hydroxyl groups is 1. The first-order valence-corrected chi connectivity index (χ1v) is 7.08. The van der Waals surface area contributed by atoms with Crippen molar-refractivity contribution < 1.29 is 14.7 Å². The highest BCUT2D eigenvalue weighted by molar-refractivity contribution is 5.97. The Morgan fingerprint density at radius 3 is 2.32 bits per heavy atom. The van der Waals surface area contributed by atoms with Gasteiger partial charge in [0.1, 0.15) is 5.75 Å². The van der Waals surface area contributed by atoms with Crippen molar-refractivity contribution in [3.05, 3.63) is 65.7 Å². The lowest BCUT2D eigenvalue weighted by Gasteiger charge is -2.08. The molecule has 0 radical (unpaired) electrons. The summed E-state index contributed by atoms with van der Waals surface area (Å²) in [5, 5.41) is 9.54. The van der Waals surface area contributed by atoms with E-state index in [9.17, 15) is 14.7 Å². The molecule has 2 aromatic rings. The zero-order valence-electron chi connectivity index (χ0n) is 12.1. The van der Waals surface area contributed by atoms with Crippen molar-refractivity contribution in [2.45, 2.75) is 19.3 Å². The topological polar surface area (TPSA) is 78.4 Å². The van der Waals surface area contributed by atoms with E-state index in [1.165, 1.54) is 17.7 Å². The van der Waals surface area contributed by atoms with Gasteiger partial charge in [-0.15, -0.1) is 0 Å². The van der Waals surface area contributed by atoms with Crippen LogP contribution in [0.4, 0.5) is 0 Å².